The largest absolute Gasteiger partial charge is 0.480 e. The van der Waals surface area contributed by atoms with Crippen LogP contribution in [0, 0.1) is 11.3 Å². The van der Waals surface area contributed by atoms with E-state index in [9.17, 15) is 24.3 Å². The Kier molecular flexibility index (Phi) is 11.6. The summed E-state index contributed by atoms with van der Waals surface area (Å²) in [6.07, 6.45) is 4.93. The lowest BCUT2D eigenvalue weighted by molar-refractivity contribution is -0.142. The van der Waals surface area contributed by atoms with Crippen molar-refractivity contribution < 1.29 is 29.0 Å². The monoisotopic (exact) mass is 573 g/mol. The van der Waals surface area contributed by atoms with Gasteiger partial charge in [-0.2, -0.15) is 0 Å². The van der Waals surface area contributed by atoms with Crippen molar-refractivity contribution in [1.29, 1.82) is 0 Å². The summed E-state index contributed by atoms with van der Waals surface area (Å²) in [5.41, 5.74) is 0.395. The topological polar surface area (TPSA) is 125 Å². The van der Waals surface area contributed by atoms with Crippen molar-refractivity contribution in [2.24, 2.45) is 11.3 Å². The standard InChI is InChI=1S/C25H33Cl2N3O6S/c1-25(2,3)14-36-24(35)28-13-17(23(33)34)29-22(32)16-9-11-30(12-10-16)19(31)8-6-15-5-7-18(37-4)21(27)20(15)26/h5-8,16-17H,9-14H2,1-4H3,(H,28,35)(H,29,32)(H,33,34)/t17-/m0/s1. The molecule has 1 aliphatic heterocycles. The Hall–Kier alpha value is -2.43. The minimum absolute atomic E-state index is 0.167. The van der Waals surface area contributed by atoms with E-state index in [4.69, 9.17) is 27.9 Å². The molecule has 3 N–H and O–H groups in total. The summed E-state index contributed by atoms with van der Waals surface area (Å²) in [7, 11) is 0. The van der Waals surface area contributed by atoms with Crippen LogP contribution in [-0.4, -0.2) is 72.4 Å². The van der Waals surface area contributed by atoms with Gasteiger partial charge in [0.1, 0.15) is 6.04 Å². The predicted octanol–water partition coefficient (Wildman–Crippen LogP) is 4.31. The zero-order chi connectivity index (χ0) is 27.8. The molecule has 0 aliphatic carbocycles. The van der Waals surface area contributed by atoms with Crippen LogP contribution in [0.3, 0.4) is 0 Å². The second-order valence-electron chi connectivity index (χ2n) is 9.84. The van der Waals surface area contributed by atoms with Crippen LogP contribution in [0.25, 0.3) is 6.08 Å². The van der Waals surface area contributed by atoms with Crippen LogP contribution in [0.4, 0.5) is 4.79 Å². The number of piperidine rings is 1. The van der Waals surface area contributed by atoms with E-state index in [0.29, 0.717) is 41.5 Å². The average Bonchev–Trinajstić information content (AvgIpc) is 2.85. The summed E-state index contributed by atoms with van der Waals surface area (Å²) in [5.74, 6) is -2.38. The first-order chi connectivity index (χ1) is 17.3. The maximum absolute atomic E-state index is 12.7. The molecule has 0 unspecified atom stereocenters. The summed E-state index contributed by atoms with van der Waals surface area (Å²) < 4.78 is 5.05. The molecule has 3 amide bonds. The van der Waals surface area contributed by atoms with E-state index in [0.717, 1.165) is 4.90 Å². The molecule has 1 fully saturated rings. The number of carbonyl (C=O) groups is 4. The minimum atomic E-state index is -1.30. The fraction of sp³-hybridized carbons (Fsp3) is 0.520. The third kappa shape index (κ3) is 9.75. The number of hydrogen-bond acceptors (Lipinski definition) is 6. The molecular formula is C25H33Cl2N3O6S. The molecule has 37 heavy (non-hydrogen) atoms. The van der Waals surface area contributed by atoms with Crippen molar-refractivity contribution in [3.05, 3.63) is 33.8 Å². The van der Waals surface area contributed by atoms with E-state index in [1.165, 1.54) is 17.8 Å². The van der Waals surface area contributed by atoms with Gasteiger partial charge in [-0.15, -0.1) is 11.8 Å². The molecule has 1 saturated heterocycles. The fourth-order valence-corrected chi connectivity index (χ4v) is 4.64. The average molecular weight is 575 g/mol. The highest BCUT2D eigenvalue weighted by atomic mass is 35.5. The number of halogens is 2. The number of hydrogen-bond donors (Lipinski definition) is 3. The lowest BCUT2D eigenvalue weighted by Crippen LogP contribution is -2.51. The molecule has 12 heteroatoms. The number of likely N-dealkylation sites (tertiary alicyclic amines) is 1. The number of carbonyl (C=O) groups excluding carboxylic acids is 3. The number of rotatable bonds is 9. The fourth-order valence-electron chi connectivity index (χ4n) is 3.47. The van der Waals surface area contributed by atoms with Gasteiger partial charge in [0.2, 0.25) is 11.8 Å². The lowest BCUT2D eigenvalue weighted by atomic mass is 9.95. The number of carboxylic acids is 1. The number of carboxylic acid groups (broad SMARTS) is 1. The molecule has 0 aromatic heterocycles. The maximum atomic E-state index is 12.7. The van der Waals surface area contributed by atoms with Gasteiger partial charge in [-0.25, -0.2) is 9.59 Å². The molecule has 0 saturated carbocycles. The second-order valence-corrected chi connectivity index (χ2v) is 11.4. The Morgan fingerprint density at radius 1 is 1.19 bits per heavy atom. The summed E-state index contributed by atoms with van der Waals surface area (Å²) in [5, 5.41) is 15.1. The van der Waals surface area contributed by atoms with E-state index in [2.05, 4.69) is 10.6 Å². The Bertz CT molecular complexity index is 1040. The van der Waals surface area contributed by atoms with Crippen molar-refractivity contribution in [3.63, 3.8) is 0 Å². The number of nitrogens with one attached hydrogen (secondary N) is 2. The molecule has 1 aromatic rings. The number of nitrogens with zero attached hydrogens (tertiary/aromatic N) is 1. The molecule has 1 atom stereocenters. The first kappa shape index (κ1) is 30.8. The molecule has 9 nitrogen and oxygen atoms in total. The SMILES string of the molecule is CSc1ccc(C=CC(=O)N2CCC(C(=O)N[C@@H](CNC(=O)OCC(C)(C)C)C(=O)O)CC2)c(Cl)c1Cl. The van der Waals surface area contributed by atoms with Crippen molar-refractivity contribution in [2.75, 3.05) is 32.5 Å². The van der Waals surface area contributed by atoms with Gasteiger partial charge in [-0.05, 0) is 42.2 Å². The van der Waals surface area contributed by atoms with Gasteiger partial charge in [0.15, 0.2) is 0 Å². The van der Waals surface area contributed by atoms with Crippen LogP contribution >= 0.6 is 35.0 Å². The minimum Gasteiger partial charge on any atom is -0.480 e. The molecule has 1 heterocycles. The first-order valence-corrected chi connectivity index (χ1v) is 13.7. The smallest absolute Gasteiger partial charge is 0.407 e. The van der Waals surface area contributed by atoms with Crippen LogP contribution in [0.15, 0.2) is 23.1 Å². The van der Waals surface area contributed by atoms with Crippen LogP contribution < -0.4 is 10.6 Å². The number of ether oxygens (including phenoxy) is 1. The van der Waals surface area contributed by atoms with Gasteiger partial charge < -0.3 is 25.4 Å². The highest BCUT2D eigenvalue weighted by Crippen LogP contribution is 2.35. The van der Waals surface area contributed by atoms with Gasteiger partial charge in [-0.1, -0.05) is 50.0 Å². The zero-order valence-electron chi connectivity index (χ0n) is 21.3. The van der Waals surface area contributed by atoms with Crippen LogP contribution in [0.2, 0.25) is 10.0 Å². The van der Waals surface area contributed by atoms with Crippen molar-refractivity contribution >= 4 is 64.9 Å². The lowest BCUT2D eigenvalue weighted by Gasteiger charge is -2.31. The van der Waals surface area contributed by atoms with Crippen molar-refractivity contribution in [3.8, 4) is 0 Å². The normalized spacial score (nSPS) is 15.4. The quantitative estimate of drug-likeness (QED) is 0.297. The van der Waals surface area contributed by atoms with E-state index in [1.54, 1.807) is 17.0 Å². The van der Waals surface area contributed by atoms with Gasteiger partial charge >= 0.3 is 12.1 Å². The number of benzene rings is 1. The molecule has 0 bridgehead atoms. The molecular weight excluding hydrogens is 541 g/mol. The highest BCUT2D eigenvalue weighted by Gasteiger charge is 2.30. The second kappa shape index (κ2) is 13.9. The number of thioether (sulfide) groups is 1. The Balaban J connectivity index is 1.85. The molecule has 1 aromatic carbocycles. The van der Waals surface area contributed by atoms with Gasteiger partial charge in [0.05, 0.1) is 23.2 Å². The summed E-state index contributed by atoms with van der Waals surface area (Å²) in [4.78, 5) is 51.1. The third-order valence-corrected chi connectivity index (χ3v) is 7.37. The van der Waals surface area contributed by atoms with Crippen LogP contribution in [0.5, 0.6) is 0 Å². The molecule has 0 radical (unpaired) electrons. The molecule has 204 valence electrons. The summed E-state index contributed by atoms with van der Waals surface area (Å²) >= 11 is 14.0. The molecule has 2 rings (SSSR count). The summed E-state index contributed by atoms with van der Waals surface area (Å²) in [6, 6.07) is 2.33. The van der Waals surface area contributed by atoms with Gasteiger partial charge in [0, 0.05) is 30.0 Å². The van der Waals surface area contributed by atoms with Crippen molar-refractivity contribution in [1.82, 2.24) is 15.5 Å². The summed E-state index contributed by atoms with van der Waals surface area (Å²) in [6.45, 7) is 6.23. The highest BCUT2D eigenvalue weighted by molar-refractivity contribution is 7.98. The van der Waals surface area contributed by atoms with Crippen LogP contribution in [-0.2, 0) is 19.1 Å². The van der Waals surface area contributed by atoms with E-state index < -0.39 is 29.9 Å². The van der Waals surface area contributed by atoms with E-state index in [-0.39, 0.29) is 24.5 Å². The predicted molar refractivity (Wildman–Crippen MR) is 145 cm³/mol. The van der Waals surface area contributed by atoms with Gasteiger partial charge in [0.25, 0.3) is 0 Å². The van der Waals surface area contributed by atoms with Gasteiger partial charge in [-0.3, -0.25) is 9.59 Å². The third-order valence-electron chi connectivity index (χ3n) is 5.58. The molecule has 0 spiro atoms. The first-order valence-electron chi connectivity index (χ1n) is 11.7. The number of alkyl carbamates (subject to hydrolysis) is 1. The number of aliphatic carboxylic acids is 1. The molecule has 1 aliphatic rings. The Morgan fingerprint density at radius 3 is 2.41 bits per heavy atom. The van der Waals surface area contributed by atoms with E-state index in [1.807, 2.05) is 33.1 Å². The maximum Gasteiger partial charge on any atom is 0.407 e. The van der Waals surface area contributed by atoms with Crippen LogP contribution in [0.1, 0.15) is 39.2 Å². The van der Waals surface area contributed by atoms with Crippen molar-refractivity contribution in [2.45, 2.75) is 44.6 Å². The number of amides is 3. The van der Waals surface area contributed by atoms with E-state index >= 15 is 0 Å². The Morgan fingerprint density at radius 2 is 1.84 bits per heavy atom. The Labute approximate surface area is 231 Å². The zero-order valence-corrected chi connectivity index (χ0v) is 23.6.